The molecule has 26 heavy (non-hydrogen) atoms. The zero-order valence-corrected chi connectivity index (χ0v) is 15.9. The van der Waals surface area contributed by atoms with E-state index >= 15 is 0 Å². The molecule has 2 N–H and O–H groups in total. The van der Waals surface area contributed by atoms with Gasteiger partial charge in [0, 0.05) is 15.8 Å². The van der Waals surface area contributed by atoms with E-state index in [0.717, 1.165) is 41.9 Å². The molecule has 0 aliphatic heterocycles. The van der Waals surface area contributed by atoms with Crippen LogP contribution in [0.15, 0.2) is 50.9 Å². The van der Waals surface area contributed by atoms with E-state index in [2.05, 4.69) is 5.32 Å². The Morgan fingerprint density at radius 2 is 2.08 bits per heavy atom. The molecule has 3 heterocycles. The van der Waals surface area contributed by atoms with Gasteiger partial charge >= 0.3 is 0 Å². The number of carbonyl (C=O) groups excluding carboxylic acids is 1. The second-order valence-corrected chi connectivity index (χ2v) is 8.43. The fourth-order valence-corrected chi connectivity index (χ4v) is 5.29. The molecule has 0 bridgehead atoms. The number of rotatable bonds is 6. The van der Waals surface area contributed by atoms with Gasteiger partial charge in [0.05, 0.1) is 12.0 Å². The van der Waals surface area contributed by atoms with Crippen molar-refractivity contribution in [2.24, 2.45) is 0 Å². The van der Waals surface area contributed by atoms with Gasteiger partial charge in [-0.15, -0.1) is 11.3 Å². The lowest BCUT2D eigenvalue weighted by atomic mass is 9.83. The predicted octanol–water partition coefficient (Wildman–Crippen LogP) is 4.73. The zero-order chi connectivity index (χ0) is 18.0. The summed E-state index contributed by atoms with van der Waals surface area (Å²) in [6.45, 7) is 0.155. The van der Waals surface area contributed by atoms with Crippen LogP contribution in [-0.4, -0.2) is 17.6 Å². The topological polar surface area (TPSA) is 62.5 Å². The molecule has 4 nitrogen and oxygen atoms in total. The van der Waals surface area contributed by atoms with Crippen molar-refractivity contribution in [1.29, 1.82) is 0 Å². The first-order chi connectivity index (χ1) is 12.7. The van der Waals surface area contributed by atoms with Crippen LogP contribution in [0.2, 0.25) is 0 Å². The first-order valence-electron chi connectivity index (χ1n) is 8.82. The number of furan rings is 1. The SMILES string of the molecule is O=C(NC[C@@H](O)c1ccc(-c2ccsc2)o1)C1(c2cccs2)CCCC1. The summed E-state index contributed by atoms with van der Waals surface area (Å²) in [5.74, 6) is 1.22. The van der Waals surface area contributed by atoms with Gasteiger partial charge in [0.25, 0.3) is 0 Å². The minimum absolute atomic E-state index is 0.0149. The Morgan fingerprint density at radius 1 is 1.23 bits per heavy atom. The van der Waals surface area contributed by atoms with Crippen LogP contribution in [0.5, 0.6) is 0 Å². The molecule has 0 saturated heterocycles. The van der Waals surface area contributed by atoms with Crippen LogP contribution in [0.4, 0.5) is 0 Å². The summed E-state index contributed by atoms with van der Waals surface area (Å²) in [5, 5.41) is 19.4. The molecule has 1 amide bonds. The van der Waals surface area contributed by atoms with Crippen molar-refractivity contribution in [3.05, 3.63) is 57.1 Å². The molecule has 1 aliphatic rings. The number of thiophene rings is 2. The number of nitrogens with one attached hydrogen (secondary N) is 1. The lowest BCUT2D eigenvalue weighted by molar-refractivity contribution is -0.127. The van der Waals surface area contributed by atoms with E-state index in [-0.39, 0.29) is 12.5 Å². The van der Waals surface area contributed by atoms with Crippen LogP contribution in [0.25, 0.3) is 11.3 Å². The Morgan fingerprint density at radius 3 is 2.77 bits per heavy atom. The van der Waals surface area contributed by atoms with Gasteiger partial charge in [-0.1, -0.05) is 18.9 Å². The highest BCUT2D eigenvalue weighted by Crippen LogP contribution is 2.43. The third-order valence-electron chi connectivity index (χ3n) is 5.10. The quantitative estimate of drug-likeness (QED) is 0.643. The van der Waals surface area contributed by atoms with Crippen molar-refractivity contribution < 1.29 is 14.3 Å². The molecule has 3 aromatic rings. The summed E-state index contributed by atoms with van der Waals surface area (Å²) < 4.78 is 5.75. The molecule has 0 aromatic carbocycles. The number of aliphatic hydroxyl groups is 1. The fraction of sp³-hybridized carbons (Fsp3) is 0.350. The van der Waals surface area contributed by atoms with Gasteiger partial charge in [-0.25, -0.2) is 0 Å². The van der Waals surface area contributed by atoms with Crippen LogP contribution in [-0.2, 0) is 10.2 Å². The molecular weight excluding hydrogens is 366 g/mol. The van der Waals surface area contributed by atoms with E-state index in [9.17, 15) is 9.90 Å². The smallest absolute Gasteiger partial charge is 0.231 e. The zero-order valence-electron chi connectivity index (χ0n) is 14.3. The number of carbonyl (C=O) groups is 1. The van der Waals surface area contributed by atoms with E-state index in [1.165, 1.54) is 0 Å². The van der Waals surface area contributed by atoms with Gasteiger partial charge in [0.2, 0.25) is 5.91 Å². The summed E-state index contributed by atoms with van der Waals surface area (Å²) in [6, 6.07) is 9.65. The third-order valence-corrected chi connectivity index (χ3v) is 6.86. The van der Waals surface area contributed by atoms with Crippen LogP contribution in [0.3, 0.4) is 0 Å². The first-order valence-corrected chi connectivity index (χ1v) is 10.6. The minimum Gasteiger partial charge on any atom is -0.458 e. The van der Waals surface area contributed by atoms with Crippen molar-refractivity contribution in [3.63, 3.8) is 0 Å². The summed E-state index contributed by atoms with van der Waals surface area (Å²) >= 11 is 3.24. The average molecular weight is 388 g/mol. The lowest BCUT2D eigenvalue weighted by Gasteiger charge is -2.27. The molecule has 4 rings (SSSR count). The Hall–Kier alpha value is -1.89. The Bertz CT molecular complexity index is 846. The Balaban J connectivity index is 1.42. The molecule has 1 atom stereocenters. The molecule has 1 aliphatic carbocycles. The Kier molecular flexibility index (Phi) is 4.98. The van der Waals surface area contributed by atoms with E-state index in [0.29, 0.717) is 5.76 Å². The molecule has 3 aromatic heterocycles. The molecule has 136 valence electrons. The maximum atomic E-state index is 12.9. The number of hydrogen-bond acceptors (Lipinski definition) is 5. The Labute approximate surface area is 160 Å². The maximum Gasteiger partial charge on any atom is 0.231 e. The second-order valence-electron chi connectivity index (χ2n) is 6.71. The average Bonchev–Trinajstić information content (AvgIpc) is 3.42. The van der Waals surface area contributed by atoms with Crippen molar-refractivity contribution in [2.75, 3.05) is 6.54 Å². The second kappa shape index (κ2) is 7.39. The van der Waals surface area contributed by atoms with Crippen LogP contribution in [0.1, 0.15) is 42.4 Å². The largest absolute Gasteiger partial charge is 0.458 e. The molecule has 0 radical (unpaired) electrons. The van der Waals surface area contributed by atoms with Crippen LogP contribution < -0.4 is 5.32 Å². The van der Waals surface area contributed by atoms with Gasteiger partial charge in [-0.2, -0.15) is 11.3 Å². The van der Waals surface area contributed by atoms with Gasteiger partial charge in [0.1, 0.15) is 17.6 Å². The highest BCUT2D eigenvalue weighted by molar-refractivity contribution is 7.10. The summed E-state index contributed by atoms with van der Waals surface area (Å²) in [4.78, 5) is 14.1. The summed E-state index contributed by atoms with van der Waals surface area (Å²) in [7, 11) is 0. The van der Waals surface area contributed by atoms with Crippen LogP contribution >= 0.6 is 22.7 Å². The fourth-order valence-electron chi connectivity index (χ4n) is 3.67. The maximum absolute atomic E-state index is 12.9. The van der Waals surface area contributed by atoms with E-state index in [4.69, 9.17) is 4.42 Å². The number of aliphatic hydroxyl groups excluding tert-OH is 1. The molecule has 0 spiro atoms. The van der Waals surface area contributed by atoms with Crippen molar-refractivity contribution in [3.8, 4) is 11.3 Å². The molecule has 0 unspecified atom stereocenters. The number of hydrogen-bond donors (Lipinski definition) is 2. The lowest BCUT2D eigenvalue weighted by Crippen LogP contribution is -2.43. The highest BCUT2D eigenvalue weighted by Gasteiger charge is 2.43. The predicted molar refractivity (Wildman–Crippen MR) is 104 cm³/mol. The minimum atomic E-state index is -0.854. The molecule has 1 saturated carbocycles. The highest BCUT2D eigenvalue weighted by atomic mass is 32.1. The summed E-state index contributed by atoms with van der Waals surface area (Å²) in [6.07, 6.45) is 3.02. The number of amides is 1. The van der Waals surface area contributed by atoms with E-state index < -0.39 is 11.5 Å². The van der Waals surface area contributed by atoms with Crippen molar-refractivity contribution >= 4 is 28.6 Å². The third kappa shape index (κ3) is 3.24. The van der Waals surface area contributed by atoms with Gasteiger partial charge in [0.15, 0.2) is 0 Å². The van der Waals surface area contributed by atoms with Gasteiger partial charge in [-0.05, 0) is 47.9 Å². The standard InChI is InChI=1S/C20H21NO3S2/c22-15(17-6-5-16(24-17)14-7-11-25-13-14)12-21-19(23)20(8-1-2-9-20)18-4-3-10-26-18/h3-7,10-11,13,15,22H,1-2,8-9,12H2,(H,21,23)/t15-/m1/s1. The molecule has 1 fully saturated rings. The van der Waals surface area contributed by atoms with Crippen molar-refractivity contribution in [1.82, 2.24) is 5.32 Å². The van der Waals surface area contributed by atoms with Gasteiger partial charge < -0.3 is 14.8 Å². The first kappa shape index (κ1) is 17.5. The van der Waals surface area contributed by atoms with E-state index in [1.54, 1.807) is 28.7 Å². The van der Waals surface area contributed by atoms with Crippen molar-refractivity contribution in [2.45, 2.75) is 37.2 Å². The van der Waals surface area contributed by atoms with Crippen LogP contribution in [0, 0.1) is 0 Å². The normalized spacial score (nSPS) is 17.3. The monoisotopic (exact) mass is 387 g/mol. The van der Waals surface area contributed by atoms with Gasteiger partial charge in [-0.3, -0.25) is 4.79 Å². The van der Waals surface area contributed by atoms with E-state index in [1.807, 2.05) is 40.4 Å². The molecule has 6 heteroatoms. The summed E-state index contributed by atoms with van der Waals surface area (Å²) in [5.41, 5.74) is 0.568. The molecular formula is C20H21NO3S2.